The zero-order chi connectivity index (χ0) is 14.5. The Hall–Kier alpha value is 0.270. The number of hydrogen-bond acceptors (Lipinski definition) is 3. The summed E-state index contributed by atoms with van der Waals surface area (Å²) >= 11 is 1.98. The van der Waals surface area contributed by atoms with Crippen LogP contribution in [-0.2, 0) is 4.74 Å². The van der Waals surface area contributed by atoms with Crippen LogP contribution in [0.5, 0.6) is 0 Å². The SMILES string of the molecule is CCCCCCCCCCCCC(N)C1CSCCO1. The van der Waals surface area contributed by atoms with Gasteiger partial charge in [-0.2, -0.15) is 11.8 Å². The van der Waals surface area contributed by atoms with Crippen LogP contribution in [-0.4, -0.2) is 30.3 Å². The van der Waals surface area contributed by atoms with Gasteiger partial charge in [0.15, 0.2) is 0 Å². The molecule has 0 amide bonds. The van der Waals surface area contributed by atoms with Gasteiger partial charge in [-0.05, 0) is 6.42 Å². The summed E-state index contributed by atoms with van der Waals surface area (Å²) in [6.45, 7) is 3.17. The molecule has 1 saturated heterocycles. The molecule has 2 nitrogen and oxygen atoms in total. The first-order chi connectivity index (χ1) is 9.84. The number of unbranched alkanes of at least 4 members (excludes halogenated alkanes) is 9. The van der Waals surface area contributed by atoms with Gasteiger partial charge in [0.05, 0.1) is 12.7 Å². The van der Waals surface area contributed by atoms with Crippen LogP contribution in [0.25, 0.3) is 0 Å². The summed E-state index contributed by atoms with van der Waals surface area (Å²) in [7, 11) is 0. The molecule has 2 N–H and O–H groups in total. The first kappa shape index (κ1) is 18.3. The standard InChI is InChI=1S/C17H35NOS/c1-2-3-4-5-6-7-8-9-10-11-12-16(18)17-15-20-14-13-19-17/h16-17H,2-15,18H2,1H3. The van der Waals surface area contributed by atoms with Crippen molar-refractivity contribution in [1.29, 1.82) is 0 Å². The van der Waals surface area contributed by atoms with Gasteiger partial charge in [-0.1, -0.05) is 71.1 Å². The molecular formula is C17H35NOS. The van der Waals surface area contributed by atoms with Crippen molar-refractivity contribution < 1.29 is 4.74 Å². The Morgan fingerprint density at radius 3 is 2.15 bits per heavy atom. The molecule has 1 fully saturated rings. The van der Waals surface area contributed by atoms with Gasteiger partial charge in [-0.3, -0.25) is 0 Å². The lowest BCUT2D eigenvalue weighted by Crippen LogP contribution is -2.41. The number of nitrogens with two attached hydrogens (primary N) is 1. The normalized spacial score (nSPS) is 21.0. The number of ether oxygens (including phenoxy) is 1. The molecule has 0 aromatic carbocycles. The largest absolute Gasteiger partial charge is 0.375 e. The summed E-state index contributed by atoms with van der Waals surface area (Å²) in [5.74, 6) is 2.24. The van der Waals surface area contributed by atoms with Gasteiger partial charge in [0, 0.05) is 17.5 Å². The fourth-order valence-corrected chi connectivity index (χ4v) is 3.76. The van der Waals surface area contributed by atoms with E-state index in [-0.39, 0.29) is 6.04 Å². The molecule has 3 heteroatoms. The molecule has 0 aromatic rings. The Bertz CT molecular complexity index is 207. The summed E-state index contributed by atoms with van der Waals surface area (Å²) in [6.07, 6.45) is 15.4. The van der Waals surface area contributed by atoms with E-state index in [1.54, 1.807) is 0 Å². The van der Waals surface area contributed by atoms with Crippen LogP contribution in [0, 0.1) is 0 Å². The van der Waals surface area contributed by atoms with Crippen molar-refractivity contribution in [2.75, 3.05) is 18.1 Å². The number of rotatable bonds is 12. The first-order valence-electron chi connectivity index (χ1n) is 8.79. The molecule has 2 atom stereocenters. The third kappa shape index (κ3) is 9.25. The van der Waals surface area contributed by atoms with Gasteiger partial charge >= 0.3 is 0 Å². The van der Waals surface area contributed by atoms with Crippen LogP contribution in [0.4, 0.5) is 0 Å². The van der Waals surface area contributed by atoms with Gasteiger partial charge in [0.25, 0.3) is 0 Å². The van der Waals surface area contributed by atoms with Crippen molar-refractivity contribution in [3.63, 3.8) is 0 Å². The fraction of sp³-hybridized carbons (Fsp3) is 1.00. The van der Waals surface area contributed by atoms with E-state index in [1.807, 2.05) is 11.8 Å². The van der Waals surface area contributed by atoms with E-state index in [0.29, 0.717) is 6.10 Å². The topological polar surface area (TPSA) is 35.2 Å². The fourth-order valence-electron chi connectivity index (χ4n) is 2.81. The first-order valence-corrected chi connectivity index (χ1v) is 9.95. The second kappa shape index (κ2) is 13.0. The van der Waals surface area contributed by atoms with E-state index >= 15 is 0 Å². The van der Waals surface area contributed by atoms with Crippen LogP contribution >= 0.6 is 11.8 Å². The summed E-state index contributed by atoms with van der Waals surface area (Å²) < 4.78 is 5.74. The molecule has 0 bridgehead atoms. The molecule has 1 aliphatic rings. The van der Waals surface area contributed by atoms with Crippen molar-refractivity contribution in [3.8, 4) is 0 Å². The number of thioether (sulfide) groups is 1. The Labute approximate surface area is 130 Å². The Balaban J connectivity index is 1.82. The summed E-state index contributed by atoms with van der Waals surface area (Å²) in [5, 5.41) is 0. The number of hydrogen-bond donors (Lipinski definition) is 1. The van der Waals surface area contributed by atoms with Crippen molar-refractivity contribution in [2.24, 2.45) is 5.73 Å². The molecule has 0 saturated carbocycles. The smallest absolute Gasteiger partial charge is 0.0816 e. The van der Waals surface area contributed by atoms with E-state index in [1.165, 1.54) is 64.2 Å². The van der Waals surface area contributed by atoms with Crippen molar-refractivity contribution in [3.05, 3.63) is 0 Å². The molecule has 0 aliphatic carbocycles. The van der Waals surface area contributed by atoms with Gasteiger partial charge in [-0.25, -0.2) is 0 Å². The Morgan fingerprint density at radius 2 is 1.60 bits per heavy atom. The molecule has 1 rings (SSSR count). The maximum Gasteiger partial charge on any atom is 0.0816 e. The lowest BCUT2D eigenvalue weighted by atomic mass is 10.0. The van der Waals surface area contributed by atoms with E-state index in [4.69, 9.17) is 10.5 Å². The molecular weight excluding hydrogens is 266 g/mol. The summed E-state index contributed by atoms with van der Waals surface area (Å²) in [5.41, 5.74) is 6.22. The second-order valence-electron chi connectivity index (χ2n) is 6.12. The van der Waals surface area contributed by atoms with E-state index < -0.39 is 0 Å². The molecule has 1 heterocycles. The van der Waals surface area contributed by atoms with Gasteiger partial charge < -0.3 is 10.5 Å². The Morgan fingerprint density at radius 1 is 1.00 bits per heavy atom. The van der Waals surface area contributed by atoms with Crippen molar-refractivity contribution >= 4 is 11.8 Å². The van der Waals surface area contributed by atoms with Crippen LogP contribution < -0.4 is 5.73 Å². The summed E-state index contributed by atoms with van der Waals surface area (Å²) in [4.78, 5) is 0. The van der Waals surface area contributed by atoms with E-state index in [0.717, 1.165) is 24.5 Å². The molecule has 1 aliphatic heterocycles. The predicted octanol–water partition coefficient (Wildman–Crippen LogP) is 4.76. The molecule has 20 heavy (non-hydrogen) atoms. The highest BCUT2D eigenvalue weighted by Crippen LogP contribution is 2.18. The van der Waals surface area contributed by atoms with Crippen LogP contribution in [0.1, 0.15) is 77.6 Å². The predicted molar refractivity (Wildman–Crippen MR) is 91.5 cm³/mol. The van der Waals surface area contributed by atoms with Crippen molar-refractivity contribution in [2.45, 2.75) is 89.7 Å². The van der Waals surface area contributed by atoms with Crippen LogP contribution in [0.3, 0.4) is 0 Å². The average Bonchev–Trinajstić information content (AvgIpc) is 2.50. The molecule has 0 aromatic heterocycles. The maximum atomic E-state index is 6.22. The van der Waals surface area contributed by atoms with Crippen LogP contribution in [0.15, 0.2) is 0 Å². The lowest BCUT2D eigenvalue weighted by Gasteiger charge is -2.27. The Kier molecular flexibility index (Phi) is 11.9. The second-order valence-corrected chi connectivity index (χ2v) is 7.27. The van der Waals surface area contributed by atoms with Crippen LogP contribution in [0.2, 0.25) is 0 Å². The summed E-state index contributed by atoms with van der Waals surface area (Å²) in [6, 6.07) is 0.261. The molecule has 2 unspecified atom stereocenters. The molecule has 0 spiro atoms. The van der Waals surface area contributed by atoms with Crippen molar-refractivity contribution in [1.82, 2.24) is 0 Å². The quantitative estimate of drug-likeness (QED) is 0.528. The van der Waals surface area contributed by atoms with Gasteiger partial charge in [-0.15, -0.1) is 0 Å². The molecule has 0 radical (unpaired) electrons. The highest BCUT2D eigenvalue weighted by molar-refractivity contribution is 7.99. The minimum atomic E-state index is 0.261. The minimum Gasteiger partial charge on any atom is -0.375 e. The third-order valence-electron chi connectivity index (χ3n) is 4.21. The zero-order valence-electron chi connectivity index (χ0n) is 13.4. The highest BCUT2D eigenvalue weighted by atomic mass is 32.2. The van der Waals surface area contributed by atoms with Gasteiger partial charge in [0.1, 0.15) is 0 Å². The zero-order valence-corrected chi connectivity index (χ0v) is 14.3. The minimum absolute atomic E-state index is 0.261. The van der Waals surface area contributed by atoms with E-state index in [2.05, 4.69) is 6.92 Å². The highest BCUT2D eigenvalue weighted by Gasteiger charge is 2.20. The third-order valence-corrected chi connectivity index (χ3v) is 5.23. The maximum absolute atomic E-state index is 6.22. The average molecular weight is 302 g/mol. The lowest BCUT2D eigenvalue weighted by molar-refractivity contribution is 0.0544. The monoisotopic (exact) mass is 301 g/mol. The van der Waals surface area contributed by atoms with E-state index in [9.17, 15) is 0 Å². The van der Waals surface area contributed by atoms with Gasteiger partial charge in [0.2, 0.25) is 0 Å². The molecule has 120 valence electrons.